The van der Waals surface area contributed by atoms with Crippen molar-refractivity contribution in [2.75, 3.05) is 12.3 Å². The SMILES string of the molecule is Nc1cc(Br)cc(COCCCC(F)(F)F)c1. The van der Waals surface area contributed by atoms with Gasteiger partial charge in [0.05, 0.1) is 6.61 Å². The number of anilines is 1. The number of alkyl halides is 3. The molecule has 0 bridgehead atoms. The maximum absolute atomic E-state index is 11.8. The number of benzene rings is 1. The van der Waals surface area contributed by atoms with E-state index < -0.39 is 12.6 Å². The van der Waals surface area contributed by atoms with Crippen molar-refractivity contribution in [3.63, 3.8) is 0 Å². The molecule has 17 heavy (non-hydrogen) atoms. The average Bonchev–Trinajstić information content (AvgIpc) is 2.13. The van der Waals surface area contributed by atoms with Crippen LogP contribution in [0.5, 0.6) is 0 Å². The lowest BCUT2D eigenvalue weighted by Crippen LogP contribution is -2.08. The monoisotopic (exact) mass is 311 g/mol. The third kappa shape index (κ3) is 6.53. The quantitative estimate of drug-likeness (QED) is 0.661. The van der Waals surface area contributed by atoms with E-state index in [0.717, 1.165) is 10.0 Å². The normalized spacial score (nSPS) is 11.8. The van der Waals surface area contributed by atoms with E-state index >= 15 is 0 Å². The van der Waals surface area contributed by atoms with Crippen molar-refractivity contribution < 1.29 is 17.9 Å². The first kappa shape index (κ1) is 14.3. The van der Waals surface area contributed by atoms with E-state index in [9.17, 15) is 13.2 Å². The van der Waals surface area contributed by atoms with Crippen LogP contribution in [0, 0.1) is 0 Å². The van der Waals surface area contributed by atoms with Gasteiger partial charge in [-0.05, 0) is 30.2 Å². The minimum atomic E-state index is -4.11. The van der Waals surface area contributed by atoms with Crippen molar-refractivity contribution >= 4 is 21.6 Å². The molecule has 0 unspecified atom stereocenters. The van der Waals surface area contributed by atoms with Crippen LogP contribution in [0.3, 0.4) is 0 Å². The van der Waals surface area contributed by atoms with Gasteiger partial charge in [-0.2, -0.15) is 13.2 Å². The van der Waals surface area contributed by atoms with Gasteiger partial charge in [-0.3, -0.25) is 0 Å². The van der Waals surface area contributed by atoms with Crippen LogP contribution in [0.15, 0.2) is 22.7 Å². The van der Waals surface area contributed by atoms with Crippen LogP contribution in [0.1, 0.15) is 18.4 Å². The number of nitrogen functional groups attached to an aromatic ring is 1. The zero-order chi connectivity index (χ0) is 12.9. The van der Waals surface area contributed by atoms with E-state index in [1.165, 1.54) is 0 Å². The molecule has 0 saturated heterocycles. The molecule has 0 radical (unpaired) electrons. The second-order valence-corrected chi connectivity index (χ2v) is 4.58. The number of hydrogen-bond donors (Lipinski definition) is 1. The first-order chi connectivity index (χ1) is 7.87. The highest BCUT2D eigenvalue weighted by molar-refractivity contribution is 9.10. The molecular weight excluding hydrogens is 299 g/mol. The maximum atomic E-state index is 11.8. The standard InChI is InChI=1S/C11H13BrF3NO/c12-9-4-8(5-10(16)6-9)7-17-3-1-2-11(13,14)15/h4-6H,1-3,7,16H2. The first-order valence-corrected chi connectivity index (χ1v) is 5.85. The molecule has 0 aliphatic rings. The molecule has 0 heterocycles. The first-order valence-electron chi connectivity index (χ1n) is 5.06. The largest absolute Gasteiger partial charge is 0.399 e. The van der Waals surface area contributed by atoms with E-state index in [1.54, 1.807) is 12.1 Å². The number of nitrogens with two attached hydrogens (primary N) is 1. The third-order valence-corrected chi connectivity index (χ3v) is 2.46. The molecule has 1 aromatic carbocycles. The van der Waals surface area contributed by atoms with E-state index in [-0.39, 0.29) is 19.6 Å². The van der Waals surface area contributed by atoms with Gasteiger partial charge in [-0.25, -0.2) is 0 Å². The molecule has 0 saturated carbocycles. The predicted octanol–water partition coefficient (Wildman–Crippen LogP) is 3.89. The molecule has 0 aliphatic carbocycles. The summed E-state index contributed by atoms with van der Waals surface area (Å²) in [7, 11) is 0. The van der Waals surface area contributed by atoms with Crippen LogP contribution in [-0.2, 0) is 11.3 Å². The predicted molar refractivity (Wildman–Crippen MR) is 63.5 cm³/mol. The molecule has 0 fully saturated rings. The fourth-order valence-electron chi connectivity index (χ4n) is 1.32. The molecule has 1 rings (SSSR count). The highest BCUT2D eigenvalue weighted by Crippen LogP contribution is 2.21. The summed E-state index contributed by atoms with van der Waals surface area (Å²) < 4.78 is 41.5. The van der Waals surface area contributed by atoms with E-state index in [2.05, 4.69) is 15.9 Å². The van der Waals surface area contributed by atoms with Crippen LogP contribution in [0.2, 0.25) is 0 Å². The van der Waals surface area contributed by atoms with Crippen LogP contribution in [0.4, 0.5) is 18.9 Å². The van der Waals surface area contributed by atoms with E-state index in [1.807, 2.05) is 6.07 Å². The van der Waals surface area contributed by atoms with Crippen LogP contribution >= 0.6 is 15.9 Å². The Kier molecular flexibility index (Phi) is 5.27. The molecule has 0 aromatic heterocycles. The molecule has 6 heteroatoms. The van der Waals surface area contributed by atoms with Crippen LogP contribution in [-0.4, -0.2) is 12.8 Å². The Bertz CT molecular complexity index is 348. The smallest absolute Gasteiger partial charge is 0.389 e. The Morgan fingerprint density at radius 3 is 2.53 bits per heavy atom. The van der Waals surface area contributed by atoms with Gasteiger partial charge in [0.15, 0.2) is 0 Å². The lowest BCUT2D eigenvalue weighted by molar-refractivity contribution is -0.138. The summed E-state index contributed by atoms with van der Waals surface area (Å²) in [5.74, 6) is 0. The highest BCUT2D eigenvalue weighted by atomic mass is 79.9. The summed E-state index contributed by atoms with van der Waals surface area (Å²) in [6.45, 7) is 0.355. The topological polar surface area (TPSA) is 35.2 Å². The van der Waals surface area contributed by atoms with Gasteiger partial charge < -0.3 is 10.5 Å². The highest BCUT2D eigenvalue weighted by Gasteiger charge is 2.25. The molecule has 0 aliphatic heterocycles. The Morgan fingerprint density at radius 1 is 1.24 bits per heavy atom. The summed E-state index contributed by atoms with van der Waals surface area (Å²) in [6, 6.07) is 5.29. The zero-order valence-corrected chi connectivity index (χ0v) is 10.6. The Hall–Kier alpha value is -0.750. The van der Waals surface area contributed by atoms with Gasteiger partial charge in [0.1, 0.15) is 0 Å². The number of rotatable bonds is 5. The lowest BCUT2D eigenvalue weighted by atomic mass is 10.2. The van der Waals surface area contributed by atoms with Gasteiger partial charge in [0, 0.05) is 23.2 Å². The number of ether oxygens (including phenoxy) is 1. The van der Waals surface area contributed by atoms with Crippen molar-refractivity contribution in [1.82, 2.24) is 0 Å². The molecule has 96 valence electrons. The summed E-state index contributed by atoms with van der Waals surface area (Å²) in [4.78, 5) is 0. The molecule has 2 nitrogen and oxygen atoms in total. The Balaban J connectivity index is 2.27. The molecule has 0 amide bonds. The summed E-state index contributed by atoms with van der Waals surface area (Å²) in [6.07, 6.45) is -4.94. The average molecular weight is 312 g/mol. The summed E-state index contributed by atoms with van der Waals surface area (Å²) in [5, 5.41) is 0. The van der Waals surface area contributed by atoms with Gasteiger partial charge in [-0.15, -0.1) is 0 Å². The fourth-order valence-corrected chi connectivity index (χ4v) is 1.88. The van der Waals surface area contributed by atoms with Gasteiger partial charge in [0.25, 0.3) is 0 Å². The third-order valence-electron chi connectivity index (χ3n) is 2.00. The number of hydrogen-bond acceptors (Lipinski definition) is 2. The van der Waals surface area contributed by atoms with Crippen molar-refractivity contribution in [3.8, 4) is 0 Å². The molecule has 2 N–H and O–H groups in total. The van der Waals surface area contributed by atoms with Crippen molar-refractivity contribution in [2.45, 2.75) is 25.6 Å². The summed E-state index contributed by atoms with van der Waals surface area (Å²) in [5.41, 5.74) is 7.04. The second-order valence-electron chi connectivity index (χ2n) is 3.66. The van der Waals surface area contributed by atoms with Crippen LogP contribution in [0.25, 0.3) is 0 Å². The fraction of sp³-hybridized carbons (Fsp3) is 0.455. The van der Waals surface area contributed by atoms with E-state index in [4.69, 9.17) is 10.5 Å². The van der Waals surface area contributed by atoms with Gasteiger partial charge >= 0.3 is 6.18 Å². The zero-order valence-electron chi connectivity index (χ0n) is 9.06. The van der Waals surface area contributed by atoms with Gasteiger partial charge in [0.2, 0.25) is 0 Å². The minimum Gasteiger partial charge on any atom is -0.399 e. The van der Waals surface area contributed by atoms with E-state index in [0.29, 0.717) is 5.69 Å². The van der Waals surface area contributed by atoms with Crippen molar-refractivity contribution in [2.24, 2.45) is 0 Å². The molecule has 0 spiro atoms. The lowest BCUT2D eigenvalue weighted by Gasteiger charge is -2.07. The van der Waals surface area contributed by atoms with Gasteiger partial charge in [-0.1, -0.05) is 15.9 Å². The molecule has 1 aromatic rings. The summed E-state index contributed by atoms with van der Waals surface area (Å²) >= 11 is 3.28. The van der Waals surface area contributed by atoms with Crippen molar-refractivity contribution in [3.05, 3.63) is 28.2 Å². The Labute approximate surface area is 106 Å². The number of halogens is 4. The van der Waals surface area contributed by atoms with Crippen molar-refractivity contribution in [1.29, 1.82) is 0 Å². The maximum Gasteiger partial charge on any atom is 0.389 e. The van der Waals surface area contributed by atoms with Crippen LogP contribution < -0.4 is 5.73 Å². The Morgan fingerprint density at radius 2 is 1.94 bits per heavy atom. The molecular formula is C11H13BrF3NO. The second kappa shape index (κ2) is 6.26. The molecule has 0 atom stereocenters. The minimum absolute atomic E-state index is 0.0208.